The summed E-state index contributed by atoms with van der Waals surface area (Å²) in [5.74, 6) is -1.69. The predicted molar refractivity (Wildman–Crippen MR) is 60.2 cm³/mol. The number of carbonyl (C=O) groups excluding carboxylic acids is 1. The minimum atomic E-state index is -1.29. The summed E-state index contributed by atoms with van der Waals surface area (Å²) in [5, 5.41) is 18.0. The number of carboxylic acids is 1. The number of aliphatic carboxylic acids is 1. The Labute approximate surface area is 97.6 Å². The van der Waals surface area contributed by atoms with E-state index in [4.69, 9.17) is 10.2 Å². The Morgan fingerprint density at radius 2 is 1.94 bits per heavy atom. The molecule has 1 heterocycles. The van der Waals surface area contributed by atoms with E-state index < -0.39 is 24.5 Å². The zero-order valence-corrected chi connectivity index (χ0v) is 8.96. The molecule has 1 aromatic carbocycles. The van der Waals surface area contributed by atoms with Gasteiger partial charge in [0.15, 0.2) is 6.04 Å². The van der Waals surface area contributed by atoms with Gasteiger partial charge in [0.1, 0.15) is 0 Å². The zero-order chi connectivity index (χ0) is 12.6. The molecular weight excluding hydrogens is 222 g/mol. The maximum Gasteiger partial charge on any atom is 0.329 e. The van der Waals surface area contributed by atoms with Crippen molar-refractivity contribution in [2.75, 3.05) is 6.61 Å². The predicted octanol–water partition coefficient (Wildman–Crippen LogP) is 0.559. The lowest BCUT2D eigenvalue weighted by Crippen LogP contribution is -2.43. The van der Waals surface area contributed by atoms with Crippen LogP contribution < -0.4 is 0 Å². The lowest BCUT2D eigenvalue weighted by molar-refractivity contribution is -0.142. The molecule has 1 unspecified atom stereocenters. The molecule has 0 spiro atoms. The van der Waals surface area contributed by atoms with Gasteiger partial charge in [-0.1, -0.05) is 24.8 Å². The first-order valence-electron chi connectivity index (χ1n) is 5.03. The Morgan fingerprint density at radius 3 is 2.41 bits per heavy atom. The summed E-state index contributed by atoms with van der Waals surface area (Å²) in [6.07, 6.45) is 0. The Balaban J connectivity index is 2.46. The van der Waals surface area contributed by atoms with E-state index in [2.05, 4.69) is 6.58 Å². The molecule has 0 radical (unpaired) electrons. The van der Waals surface area contributed by atoms with E-state index in [-0.39, 0.29) is 0 Å². The van der Waals surface area contributed by atoms with Gasteiger partial charge in [-0.25, -0.2) is 4.79 Å². The largest absolute Gasteiger partial charge is 0.480 e. The van der Waals surface area contributed by atoms with Gasteiger partial charge in [0, 0.05) is 16.8 Å². The van der Waals surface area contributed by atoms with Gasteiger partial charge in [-0.2, -0.15) is 0 Å². The van der Waals surface area contributed by atoms with E-state index in [1.165, 1.54) is 0 Å². The van der Waals surface area contributed by atoms with E-state index in [1.54, 1.807) is 24.3 Å². The molecule has 1 aromatic rings. The van der Waals surface area contributed by atoms with E-state index in [9.17, 15) is 9.59 Å². The normalized spacial score (nSPS) is 15.9. The van der Waals surface area contributed by atoms with Crippen LogP contribution >= 0.6 is 0 Å². The molecule has 1 amide bonds. The van der Waals surface area contributed by atoms with E-state index in [0.717, 1.165) is 4.90 Å². The molecule has 88 valence electrons. The maximum atomic E-state index is 12.0. The molecule has 0 aliphatic carbocycles. The molecule has 5 nitrogen and oxygen atoms in total. The standard InChI is InChI=1S/C12H11NO4/c1-7-8-4-2-3-5-9(8)11(15)13(7)10(6-14)12(16)17/h2-5,10,14H,1,6H2,(H,16,17). The minimum Gasteiger partial charge on any atom is -0.480 e. The molecule has 0 saturated carbocycles. The summed E-state index contributed by atoms with van der Waals surface area (Å²) < 4.78 is 0. The first kappa shape index (κ1) is 11.3. The number of carboxylic acid groups (broad SMARTS) is 1. The van der Waals surface area contributed by atoms with Gasteiger partial charge in [-0.15, -0.1) is 0 Å². The average Bonchev–Trinajstić information content (AvgIpc) is 2.56. The molecule has 2 rings (SSSR count). The van der Waals surface area contributed by atoms with Crippen LogP contribution in [0.4, 0.5) is 0 Å². The summed E-state index contributed by atoms with van der Waals surface area (Å²) in [5.41, 5.74) is 1.33. The average molecular weight is 233 g/mol. The second kappa shape index (κ2) is 4.03. The van der Waals surface area contributed by atoms with Crippen molar-refractivity contribution in [3.63, 3.8) is 0 Å². The van der Waals surface area contributed by atoms with Gasteiger partial charge >= 0.3 is 5.97 Å². The number of fused-ring (bicyclic) bond motifs is 1. The summed E-state index contributed by atoms with van der Waals surface area (Å²) in [4.78, 5) is 24.0. The minimum absolute atomic E-state index is 0.312. The van der Waals surface area contributed by atoms with Crippen molar-refractivity contribution < 1.29 is 19.8 Å². The summed E-state index contributed by atoms with van der Waals surface area (Å²) in [6, 6.07) is 5.46. The molecule has 0 fully saturated rings. The second-order valence-corrected chi connectivity index (χ2v) is 3.70. The number of aliphatic hydroxyl groups is 1. The highest BCUT2D eigenvalue weighted by Crippen LogP contribution is 2.32. The highest BCUT2D eigenvalue weighted by Gasteiger charge is 2.38. The Bertz CT molecular complexity index is 474. The van der Waals surface area contributed by atoms with Gasteiger partial charge in [-0.05, 0) is 6.07 Å². The van der Waals surface area contributed by atoms with Crippen LogP contribution in [0, 0.1) is 0 Å². The number of benzene rings is 1. The molecule has 1 aliphatic heterocycles. The molecule has 5 heteroatoms. The van der Waals surface area contributed by atoms with Crippen molar-refractivity contribution in [3.8, 4) is 0 Å². The highest BCUT2D eigenvalue weighted by molar-refractivity contribution is 6.10. The third-order valence-electron chi connectivity index (χ3n) is 2.75. The monoisotopic (exact) mass is 233 g/mol. The number of hydrogen-bond acceptors (Lipinski definition) is 3. The van der Waals surface area contributed by atoms with Crippen molar-refractivity contribution >= 4 is 17.6 Å². The SMILES string of the molecule is C=C1c2ccccc2C(=O)N1C(CO)C(=O)O. The Hall–Kier alpha value is -2.14. The van der Waals surface area contributed by atoms with Crippen LogP contribution in [0.3, 0.4) is 0 Å². The van der Waals surface area contributed by atoms with Crippen LogP contribution in [-0.2, 0) is 4.79 Å². The maximum absolute atomic E-state index is 12.0. The van der Waals surface area contributed by atoms with Gasteiger partial charge in [0.2, 0.25) is 0 Å². The second-order valence-electron chi connectivity index (χ2n) is 3.70. The van der Waals surface area contributed by atoms with Crippen molar-refractivity contribution in [1.29, 1.82) is 0 Å². The first-order chi connectivity index (χ1) is 8.07. The van der Waals surface area contributed by atoms with Crippen molar-refractivity contribution in [3.05, 3.63) is 42.0 Å². The number of nitrogens with zero attached hydrogens (tertiary/aromatic N) is 1. The van der Waals surface area contributed by atoms with Crippen LogP contribution in [0.5, 0.6) is 0 Å². The number of amides is 1. The molecule has 1 aliphatic rings. The lowest BCUT2D eigenvalue weighted by Gasteiger charge is -2.23. The quantitative estimate of drug-likeness (QED) is 0.799. The van der Waals surface area contributed by atoms with E-state index >= 15 is 0 Å². The first-order valence-corrected chi connectivity index (χ1v) is 5.03. The summed E-state index contributed by atoms with van der Waals surface area (Å²) in [6.45, 7) is 3.06. The van der Waals surface area contributed by atoms with Crippen LogP contribution in [0.1, 0.15) is 15.9 Å². The smallest absolute Gasteiger partial charge is 0.329 e. The lowest BCUT2D eigenvalue weighted by atomic mass is 10.1. The molecule has 17 heavy (non-hydrogen) atoms. The van der Waals surface area contributed by atoms with Crippen LogP contribution in [0.2, 0.25) is 0 Å². The third kappa shape index (κ3) is 1.60. The van der Waals surface area contributed by atoms with Crippen molar-refractivity contribution in [2.24, 2.45) is 0 Å². The number of hydrogen-bond donors (Lipinski definition) is 2. The highest BCUT2D eigenvalue weighted by atomic mass is 16.4. The van der Waals surface area contributed by atoms with Crippen molar-refractivity contribution in [2.45, 2.75) is 6.04 Å². The van der Waals surface area contributed by atoms with Gasteiger partial charge in [-0.3, -0.25) is 9.69 Å². The molecular formula is C12H11NO4. The number of aliphatic hydroxyl groups excluding tert-OH is 1. The van der Waals surface area contributed by atoms with E-state index in [1.807, 2.05) is 0 Å². The number of carbonyl (C=O) groups is 2. The fraction of sp³-hybridized carbons (Fsp3) is 0.167. The fourth-order valence-electron chi connectivity index (χ4n) is 1.90. The third-order valence-corrected chi connectivity index (χ3v) is 2.75. The molecule has 0 aromatic heterocycles. The fourth-order valence-corrected chi connectivity index (χ4v) is 1.90. The summed E-state index contributed by atoms with van der Waals surface area (Å²) in [7, 11) is 0. The van der Waals surface area contributed by atoms with Gasteiger partial charge in [0.25, 0.3) is 5.91 Å². The molecule has 0 saturated heterocycles. The molecule has 1 atom stereocenters. The molecule has 2 N–H and O–H groups in total. The van der Waals surface area contributed by atoms with Gasteiger partial charge < -0.3 is 10.2 Å². The number of rotatable bonds is 3. The summed E-state index contributed by atoms with van der Waals surface area (Å²) >= 11 is 0. The Morgan fingerprint density at radius 1 is 1.35 bits per heavy atom. The Kier molecular flexibility index (Phi) is 2.69. The topological polar surface area (TPSA) is 77.8 Å². The zero-order valence-electron chi connectivity index (χ0n) is 8.96. The van der Waals surface area contributed by atoms with Crippen molar-refractivity contribution in [1.82, 2.24) is 4.90 Å². The molecule has 0 bridgehead atoms. The van der Waals surface area contributed by atoms with Crippen LogP contribution in [-0.4, -0.2) is 39.6 Å². The van der Waals surface area contributed by atoms with E-state index in [0.29, 0.717) is 16.8 Å². The van der Waals surface area contributed by atoms with Gasteiger partial charge in [0.05, 0.1) is 6.61 Å². The van der Waals surface area contributed by atoms with Crippen LogP contribution in [0.15, 0.2) is 30.8 Å². The van der Waals surface area contributed by atoms with Crippen LogP contribution in [0.25, 0.3) is 5.70 Å².